The molecule has 12 unspecified atom stereocenters. The topological polar surface area (TPSA) is 143 Å². The van der Waals surface area contributed by atoms with Gasteiger partial charge in [-0.05, 0) is 129 Å². The van der Waals surface area contributed by atoms with Crippen LogP contribution in [0.25, 0.3) is 10.9 Å². The molecule has 5 fully saturated rings. The summed E-state index contributed by atoms with van der Waals surface area (Å²) in [4.78, 5) is 11.4. The normalized spacial score (nSPS) is 43.4. The lowest BCUT2D eigenvalue weighted by molar-refractivity contribution is -0.128. The lowest BCUT2D eigenvalue weighted by atomic mass is 9.46. The number of H-pyrrole nitrogens is 2. The van der Waals surface area contributed by atoms with E-state index in [1.54, 1.807) is 7.05 Å². The third-order valence-electron chi connectivity index (χ3n) is 14.9. The maximum Gasteiger partial charge on any atom is 0.189 e. The molecule has 0 amide bonds. The average molecular weight is 676 g/mol. The summed E-state index contributed by atoms with van der Waals surface area (Å²) >= 11 is 0. The van der Waals surface area contributed by atoms with E-state index in [9.17, 15) is 15.3 Å². The molecule has 12 atom stereocenters. The van der Waals surface area contributed by atoms with Crippen LogP contribution >= 0.6 is 0 Å². The van der Waals surface area contributed by atoms with Crippen molar-refractivity contribution in [1.29, 1.82) is 0 Å². The second-order valence-corrected chi connectivity index (χ2v) is 17.4. The number of hydrogen-bond acceptors (Lipinski definition) is 4. The Balaban J connectivity index is 1.23. The van der Waals surface area contributed by atoms with Crippen LogP contribution in [0.2, 0.25) is 0 Å². The number of aromatic nitrogens is 2. The molecule has 8 N–H and O–H groups in total. The molecule has 0 aliphatic heterocycles. The molecule has 8 heteroatoms. The van der Waals surface area contributed by atoms with Crippen molar-refractivity contribution in [3.8, 4) is 11.8 Å². The number of aromatic amines is 2. The van der Waals surface area contributed by atoms with Gasteiger partial charge in [-0.3, -0.25) is 4.99 Å². The molecule has 3 aromatic rings. The Morgan fingerprint density at radius 3 is 2.68 bits per heavy atom. The van der Waals surface area contributed by atoms with Gasteiger partial charge in [-0.15, -0.1) is 0 Å². The molecular weight excluding hydrogens is 622 g/mol. The molecular formula is C42H53N5O3. The first kappa shape index (κ1) is 32.4. The van der Waals surface area contributed by atoms with Gasteiger partial charge in [0.15, 0.2) is 5.96 Å². The van der Waals surface area contributed by atoms with E-state index in [4.69, 9.17) is 5.73 Å². The number of nitrogens with two attached hydrogens (primary N) is 1. The number of aliphatic imine (C=N–C) groups is 1. The minimum Gasteiger partial charge on any atom is -0.390 e. The number of fused-ring (bicyclic) bond motifs is 2. The van der Waals surface area contributed by atoms with E-state index < -0.39 is 23.3 Å². The minimum atomic E-state index is -1.42. The summed E-state index contributed by atoms with van der Waals surface area (Å²) in [7, 11) is 1.65. The van der Waals surface area contributed by atoms with E-state index in [1.165, 1.54) is 28.8 Å². The third-order valence-corrected chi connectivity index (χ3v) is 14.9. The van der Waals surface area contributed by atoms with Crippen LogP contribution in [0.1, 0.15) is 76.1 Å². The number of allylic oxidation sites excluding steroid dienone is 2. The van der Waals surface area contributed by atoms with E-state index in [2.05, 4.69) is 80.7 Å². The Morgan fingerprint density at radius 1 is 1.02 bits per heavy atom. The van der Waals surface area contributed by atoms with Gasteiger partial charge in [0.1, 0.15) is 0 Å². The summed E-state index contributed by atoms with van der Waals surface area (Å²) in [5, 5.41) is 41.8. The zero-order valence-electron chi connectivity index (χ0n) is 29.5. The molecule has 7 aliphatic rings. The number of aliphatic hydroxyl groups is 3. The van der Waals surface area contributed by atoms with Crippen molar-refractivity contribution in [1.82, 2.24) is 15.3 Å². The Hall–Kier alpha value is -3.51. The zero-order chi connectivity index (χ0) is 34.5. The number of hydrogen-bond donors (Lipinski definition) is 7. The molecule has 0 saturated heterocycles. The van der Waals surface area contributed by atoms with Crippen molar-refractivity contribution in [2.75, 3.05) is 7.05 Å². The Morgan fingerprint density at radius 2 is 1.88 bits per heavy atom. The molecule has 2 heterocycles. The number of benzene rings is 1. The molecule has 0 radical (unpaired) electrons. The monoisotopic (exact) mass is 675 g/mol. The second-order valence-electron chi connectivity index (χ2n) is 17.4. The van der Waals surface area contributed by atoms with E-state index in [1.807, 2.05) is 13.1 Å². The highest BCUT2D eigenvalue weighted by Gasteiger charge is 2.71. The van der Waals surface area contributed by atoms with Gasteiger partial charge in [-0.25, -0.2) is 0 Å². The lowest BCUT2D eigenvalue weighted by Crippen LogP contribution is -2.56. The number of rotatable bonds is 5. The molecule has 2 spiro atoms. The Kier molecular flexibility index (Phi) is 7.45. The molecule has 50 heavy (non-hydrogen) atoms. The van der Waals surface area contributed by atoms with Gasteiger partial charge in [0.2, 0.25) is 0 Å². The quantitative estimate of drug-likeness (QED) is 0.0860. The van der Waals surface area contributed by atoms with Gasteiger partial charge in [-0.1, -0.05) is 41.7 Å². The standard InChI is InChI=1S/C42H53N5O3/c1-39(49)27-10-12-33-37-34(39)19-36(48)42(37,50)24-31(47-38(43)44-2)11-9-28-21-40(14-13-25(20-40)16-30-7-5-15-45-30)22-29(41(28,33)23-27)18-32-17-26-6-3-4-8-35(26)46-32/h3-8,15,17,22,25,27-28,31,33-34,36-37,45-46,48-50H,10,12-14,16,18-21,23-24H2,1-2H3,(H3,43,44,47). The largest absolute Gasteiger partial charge is 0.390 e. The van der Waals surface area contributed by atoms with E-state index in [-0.39, 0.29) is 52.8 Å². The molecule has 5 saturated carbocycles. The summed E-state index contributed by atoms with van der Waals surface area (Å²) in [5.74, 6) is 8.12. The first-order valence-corrected chi connectivity index (χ1v) is 19.1. The fourth-order valence-electron chi connectivity index (χ4n) is 12.7. The summed E-state index contributed by atoms with van der Waals surface area (Å²) in [6.45, 7) is 2.01. The molecule has 10 rings (SSSR count). The predicted molar refractivity (Wildman–Crippen MR) is 196 cm³/mol. The smallest absolute Gasteiger partial charge is 0.189 e. The predicted octanol–water partition coefficient (Wildman–Crippen LogP) is 5.22. The summed E-state index contributed by atoms with van der Waals surface area (Å²) < 4.78 is 0. The number of nitrogens with one attached hydrogen (secondary N) is 3. The van der Waals surface area contributed by atoms with E-state index in [0.29, 0.717) is 12.3 Å². The average Bonchev–Trinajstić information content (AvgIpc) is 3.87. The Bertz CT molecular complexity index is 1870. The van der Waals surface area contributed by atoms with Crippen LogP contribution in [-0.4, -0.2) is 61.6 Å². The van der Waals surface area contributed by atoms with Gasteiger partial charge >= 0.3 is 0 Å². The van der Waals surface area contributed by atoms with Gasteiger partial charge < -0.3 is 36.3 Å². The van der Waals surface area contributed by atoms with Crippen molar-refractivity contribution in [3.63, 3.8) is 0 Å². The highest BCUT2D eigenvalue weighted by molar-refractivity contribution is 5.80. The van der Waals surface area contributed by atoms with Crippen molar-refractivity contribution < 1.29 is 15.3 Å². The van der Waals surface area contributed by atoms with Crippen LogP contribution in [-0.2, 0) is 12.8 Å². The highest BCUT2D eigenvalue weighted by atomic mass is 16.3. The van der Waals surface area contributed by atoms with Gasteiger partial charge in [0.25, 0.3) is 0 Å². The van der Waals surface area contributed by atoms with Crippen LogP contribution < -0.4 is 11.1 Å². The number of aliphatic hydroxyl groups excluding tert-OH is 1. The van der Waals surface area contributed by atoms with E-state index >= 15 is 0 Å². The van der Waals surface area contributed by atoms with Crippen LogP contribution in [0.15, 0.2) is 65.3 Å². The van der Waals surface area contributed by atoms with Crippen molar-refractivity contribution in [3.05, 3.63) is 71.7 Å². The first-order chi connectivity index (χ1) is 24.0. The van der Waals surface area contributed by atoms with Gasteiger partial charge in [0.05, 0.1) is 23.3 Å². The summed E-state index contributed by atoms with van der Waals surface area (Å²) in [6.07, 6.45) is 13.4. The van der Waals surface area contributed by atoms with Crippen LogP contribution in [0, 0.1) is 58.2 Å². The fourth-order valence-corrected chi connectivity index (χ4v) is 12.7. The number of para-hydroxylation sites is 1. The third kappa shape index (κ3) is 4.87. The van der Waals surface area contributed by atoms with Crippen LogP contribution in [0.5, 0.6) is 0 Å². The second kappa shape index (κ2) is 11.5. The Labute approximate surface area is 295 Å². The zero-order valence-corrected chi connectivity index (χ0v) is 29.5. The summed E-state index contributed by atoms with van der Waals surface area (Å²) in [5.41, 5.74) is 8.61. The van der Waals surface area contributed by atoms with Gasteiger partial charge in [0, 0.05) is 54.3 Å². The molecule has 4 bridgehead atoms. The highest BCUT2D eigenvalue weighted by Crippen LogP contribution is 2.72. The first-order valence-electron chi connectivity index (χ1n) is 19.1. The molecule has 8 nitrogen and oxygen atoms in total. The van der Waals surface area contributed by atoms with Crippen LogP contribution in [0.4, 0.5) is 0 Å². The van der Waals surface area contributed by atoms with Gasteiger partial charge in [-0.2, -0.15) is 0 Å². The SMILES string of the molecule is CN=C(N)NC1C#CC2CC3(C=C(Cc4cc5ccccc5[nH]4)C24CC2CCC4C4C(CC(O)C4(O)C1)C2(C)O)CCC(Cc1ccc[nH]1)C3. The van der Waals surface area contributed by atoms with Crippen molar-refractivity contribution >= 4 is 16.9 Å². The fraction of sp³-hybridized carbons (Fsp3) is 0.595. The van der Waals surface area contributed by atoms with Crippen LogP contribution in [0.3, 0.4) is 0 Å². The maximum atomic E-state index is 12.9. The maximum absolute atomic E-state index is 12.9. The molecule has 264 valence electrons. The summed E-state index contributed by atoms with van der Waals surface area (Å²) in [6, 6.07) is 14.7. The minimum absolute atomic E-state index is 0.0308. The van der Waals surface area contributed by atoms with Crippen molar-refractivity contribution in [2.24, 2.45) is 57.1 Å². The molecule has 7 aliphatic carbocycles. The van der Waals surface area contributed by atoms with E-state index in [0.717, 1.165) is 56.9 Å². The number of nitrogens with zero attached hydrogens (tertiary/aromatic N) is 1. The lowest BCUT2D eigenvalue weighted by Gasteiger charge is -2.58. The molecule has 1 aromatic carbocycles. The van der Waals surface area contributed by atoms with Crippen molar-refractivity contribution in [2.45, 2.75) is 101 Å². The molecule has 2 aromatic heterocycles. The number of guanidine groups is 1.